The highest BCUT2D eigenvalue weighted by Gasteiger charge is 2.13. The third-order valence-corrected chi connectivity index (χ3v) is 5.73. The summed E-state index contributed by atoms with van der Waals surface area (Å²) >= 11 is 9.39. The van der Waals surface area contributed by atoms with E-state index in [1.54, 1.807) is 24.3 Å². The first-order valence-corrected chi connectivity index (χ1v) is 11.3. The van der Waals surface area contributed by atoms with Gasteiger partial charge in [-0.3, -0.25) is 4.79 Å². The van der Waals surface area contributed by atoms with Crippen LogP contribution in [-0.2, 0) is 11.4 Å². The second kappa shape index (κ2) is 10.4. The zero-order chi connectivity index (χ0) is 23.2. The fraction of sp³-hybridized carbons (Fsp3) is 0.0370. The van der Waals surface area contributed by atoms with Gasteiger partial charge in [0.15, 0.2) is 0 Å². The predicted molar refractivity (Wildman–Crippen MR) is 136 cm³/mol. The number of nitrogens with one attached hydrogen (secondary N) is 1. The summed E-state index contributed by atoms with van der Waals surface area (Å²) < 4.78 is 6.77. The van der Waals surface area contributed by atoms with Gasteiger partial charge < -0.3 is 10.1 Å². The van der Waals surface area contributed by atoms with Gasteiger partial charge in [-0.2, -0.15) is 5.26 Å². The van der Waals surface area contributed by atoms with Crippen LogP contribution >= 0.6 is 27.5 Å². The van der Waals surface area contributed by atoms with Crippen molar-refractivity contribution in [1.82, 2.24) is 0 Å². The van der Waals surface area contributed by atoms with Gasteiger partial charge in [-0.1, -0.05) is 76.1 Å². The summed E-state index contributed by atoms with van der Waals surface area (Å²) in [6.07, 6.45) is 1.53. The molecule has 0 aliphatic heterocycles. The van der Waals surface area contributed by atoms with E-state index in [9.17, 15) is 10.1 Å². The normalized spacial score (nSPS) is 11.1. The Morgan fingerprint density at radius 1 is 1.03 bits per heavy atom. The molecule has 33 heavy (non-hydrogen) atoms. The van der Waals surface area contributed by atoms with Gasteiger partial charge in [-0.15, -0.1) is 0 Å². The van der Waals surface area contributed by atoms with E-state index in [4.69, 9.17) is 16.3 Å². The van der Waals surface area contributed by atoms with Crippen molar-refractivity contribution in [3.8, 4) is 11.8 Å². The molecule has 0 bridgehead atoms. The summed E-state index contributed by atoms with van der Waals surface area (Å²) in [5.74, 6) is 0.0661. The first kappa shape index (κ1) is 22.6. The van der Waals surface area contributed by atoms with Crippen molar-refractivity contribution in [2.45, 2.75) is 6.61 Å². The number of halogens is 2. The molecule has 0 saturated carbocycles. The number of fused-ring (bicyclic) bond motifs is 1. The molecule has 6 heteroatoms. The van der Waals surface area contributed by atoms with Crippen LogP contribution < -0.4 is 10.1 Å². The highest BCUT2D eigenvalue weighted by atomic mass is 79.9. The Balaban J connectivity index is 1.59. The minimum atomic E-state index is -0.488. The molecule has 0 saturated heterocycles. The van der Waals surface area contributed by atoms with E-state index in [2.05, 4.69) is 21.2 Å². The Labute approximate surface area is 205 Å². The minimum Gasteiger partial charge on any atom is -0.488 e. The van der Waals surface area contributed by atoms with Gasteiger partial charge in [0.2, 0.25) is 0 Å². The molecule has 0 unspecified atom stereocenters. The number of carbonyl (C=O) groups is 1. The molecule has 4 aromatic carbocycles. The number of rotatable bonds is 6. The first-order chi connectivity index (χ1) is 16.0. The van der Waals surface area contributed by atoms with Crippen LogP contribution in [0.3, 0.4) is 0 Å². The lowest BCUT2D eigenvalue weighted by Crippen LogP contribution is -2.13. The maximum atomic E-state index is 12.9. The Hall–Kier alpha value is -3.59. The summed E-state index contributed by atoms with van der Waals surface area (Å²) in [6, 6.07) is 28.2. The van der Waals surface area contributed by atoms with Crippen molar-refractivity contribution >= 4 is 56.0 Å². The van der Waals surface area contributed by atoms with E-state index in [-0.39, 0.29) is 5.57 Å². The summed E-state index contributed by atoms with van der Waals surface area (Å²) in [5.41, 5.74) is 2.18. The van der Waals surface area contributed by atoms with Crippen LogP contribution in [0.4, 0.5) is 5.69 Å². The topological polar surface area (TPSA) is 62.1 Å². The molecule has 0 spiro atoms. The van der Waals surface area contributed by atoms with Crippen molar-refractivity contribution in [2.24, 2.45) is 0 Å². The van der Waals surface area contributed by atoms with Gasteiger partial charge in [-0.05, 0) is 53.4 Å². The van der Waals surface area contributed by atoms with Crippen LogP contribution in [-0.4, -0.2) is 5.91 Å². The van der Waals surface area contributed by atoms with Gasteiger partial charge >= 0.3 is 0 Å². The molecule has 0 aliphatic rings. The van der Waals surface area contributed by atoms with Gasteiger partial charge in [0.25, 0.3) is 5.91 Å². The van der Waals surface area contributed by atoms with E-state index >= 15 is 0 Å². The highest BCUT2D eigenvalue weighted by Crippen LogP contribution is 2.28. The molecule has 162 valence electrons. The SMILES string of the molecule is N#C/C(=C\c1cc(Br)ccc1OCc1ccc(Cl)cc1)C(=O)Nc1cccc2ccccc12. The van der Waals surface area contributed by atoms with Crippen LogP contribution in [0.1, 0.15) is 11.1 Å². The number of ether oxygens (including phenoxy) is 1. The number of hydrogen-bond acceptors (Lipinski definition) is 3. The van der Waals surface area contributed by atoms with E-state index in [1.165, 1.54) is 6.08 Å². The molecule has 0 atom stereocenters. The Morgan fingerprint density at radius 2 is 1.79 bits per heavy atom. The largest absolute Gasteiger partial charge is 0.488 e. The molecule has 4 nitrogen and oxygen atoms in total. The molecule has 0 radical (unpaired) electrons. The zero-order valence-electron chi connectivity index (χ0n) is 17.4. The average molecular weight is 518 g/mol. The standard InChI is InChI=1S/C27H18BrClN2O2/c28-22-10-13-26(33-17-18-8-11-23(29)12-9-18)20(15-22)14-21(16-30)27(32)31-25-7-3-5-19-4-1-2-6-24(19)25/h1-15H,17H2,(H,31,32)/b21-14+. The van der Waals surface area contributed by atoms with Crippen LogP contribution in [0.15, 0.2) is 95.0 Å². The van der Waals surface area contributed by atoms with E-state index < -0.39 is 5.91 Å². The second-order valence-electron chi connectivity index (χ2n) is 7.25. The quantitative estimate of drug-likeness (QED) is 0.214. The summed E-state index contributed by atoms with van der Waals surface area (Å²) in [4.78, 5) is 12.9. The van der Waals surface area contributed by atoms with Crippen molar-refractivity contribution in [3.05, 3.63) is 111 Å². The Kier molecular flexibility index (Phi) is 7.09. The number of nitriles is 1. The highest BCUT2D eigenvalue weighted by molar-refractivity contribution is 9.10. The summed E-state index contributed by atoms with van der Waals surface area (Å²) in [6.45, 7) is 0.323. The third kappa shape index (κ3) is 5.61. The molecule has 4 aromatic rings. The molecular formula is C27H18BrClN2O2. The van der Waals surface area contributed by atoms with Crippen LogP contribution in [0.25, 0.3) is 16.8 Å². The van der Waals surface area contributed by atoms with Crippen LogP contribution in [0.5, 0.6) is 5.75 Å². The minimum absolute atomic E-state index is 0.0302. The number of nitrogens with zero attached hydrogens (tertiary/aromatic N) is 1. The predicted octanol–water partition coefficient (Wildman–Crippen LogP) is 7.38. The second-order valence-corrected chi connectivity index (χ2v) is 8.60. The molecule has 4 rings (SSSR count). The molecule has 0 aromatic heterocycles. The van der Waals surface area contributed by atoms with E-state index in [1.807, 2.05) is 66.7 Å². The maximum absolute atomic E-state index is 12.9. The van der Waals surface area contributed by atoms with Gasteiger partial charge in [0, 0.05) is 26.1 Å². The van der Waals surface area contributed by atoms with Gasteiger partial charge in [0.05, 0.1) is 0 Å². The lowest BCUT2D eigenvalue weighted by molar-refractivity contribution is -0.112. The summed E-state index contributed by atoms with van der Waals surface area (Å²) in [7, 11) is 0. The third-order valence-electron chi connectivity index (χ3n) is 4.98. The van der Waals surface area contributed by atoms with Crippen LogP contribution in [0, 0.1) is 11.3 Å². The number of benzene rings is 4. The van der Waals surface area contributed by atoms with Crippen LogP contribution in [0.2, 0.25) is 5.02 Å². The average Bonchev–Trinajstić information content (AvgIpc) is 2.83. The zero-order valence-corrected chi connectivity index (χ0v) is 19.7. The van der Waals surface area contributed by atoms with Gasteiger partial charge in [-0.25, -0.2) is 0 Å². The van der Waals surface area contributed by atoms with Crippen molar-refractivity contribution < 1.29 is 9.53 Å². The Morgan fingerprint density at radius 3 is 2.58 bits per heavy atom. The van der Waals surface area contributed by atoms with Crippen molar-refractivity contribution in [1.29, 1.82) is 5.26 Å². The molecule has 0 heterocycles. The number of anilines is 1. The fourth-order valence-corrected chi connectivity index (χ4v) is 3.84. The molecule has 0 aliphatic carbocycles. The molecule has 1 amide bonds. The summed E-state index contributed by atoms with van der Waals surface area (Å²) in [5, 5.41) is 15.1. The maximum Gasteiger partial charge on any atom is 0.266 e. The van der Waals surface area contributed by atoms with Gasteiger partial charge in [0.1, 0.15) is 24.0 Å². The Bertz CT molecular complexity index is 1390. The monoisotopic (exact) mass is 516 g/mol. The molecule has 0 fully saturated rings. The lowest BCUT2D eigenvalue weighted by atomic mass is 10.1. The van der Waals surface area contributed by atoms with Crippen molar-refractivity contribution in [2.75, 3.05) is 5.32 Å². The number of amides is 1. The lowest BCUT2D eigenvalue weighted by Gasteiger charge is -2.11. The number of carbonyl (C=O) groups excluding carboxylic acids is 1. The smallest absolute Gasteiger partial charge is 0.266 e. The molecule has 1 N–H and O–H groups in total. The fourth-order valence-electron chi connectivity index (χ4n) is 3.33. The molecular weight excluding hydrogens is 500 g/mol. The first-order valence-electron chi connectivity index (χ1n) is 10.1. The van der Waals surface area contributed by atoms with E-state index in [0.717, 1.165) is 20.8 Å². The number of hydrogen-bond donors (Lipinski definition) is 1. The van der Waals surface area contributed by atoms with Crippen molar-refractivity contribution in [3.63, 3.8) is 0 Å². The van der Waals surface area contributed by atoms with E-state index in [0.29, 0.717) is 28.6 Å².